The van der Waals surface area contributed by atoms with Crippen molar-refractivity contribution >= 4 is 33.6 Å². The second-order valence-corrected chi connectivity index (χ2v) is 6.51. The fourth-order valence-corrected chi connectivity index (χ4v) is 2.18. The molecule has 0 bridgehead atoms. The predicted octanol–water partition coefficient (Wildman–Crippen LogP) is 3.78. The molecule has 126 valence electrons. The van der Waals surface area contributed by atoms with Gasteiger partial charge in [-0.25, -0.2) is 4.79 Å². The molecule has 0 saturated carbocycles. The maximum absolute atomic E-state index is 12.1. The van der Waals surface area contributed by atoms with Gasteiger partial charge in [0.25, 0.3) is 0 Å². The van der Waals surface area contributed by atoms with Gasteiger partial charge in [-0.2, -0.15) is 0 Å². The van der Waals surface area contributed by atoms with E-state index in [1.807, 2.05) is 0 Å². The van der Waals surface area contributed by atoms with E-state index >= 15 is 0 Å². The Balaban J connectivity index is 2.74. The lowest BCUT2D eigenvalue weighted by Crippen LogP contribution is -2.45. The minimum Gasteiger partial charge on any atom is -0.487 e. The number of ether oxygens (including phenoxy) is 1. The first-order valence-corrected chi connectivity index (χ1v) is 7.87. The van der Waals surface area contributed by atoms with Gasteiger partial charge in [-0.15, -0.1) is 0 Å². The molecule has 0 spiro atoms. The summed E-state index contributed by atoms with van der Waals surface area (Å²) in [5.74, 6) is -0.376. The van der Waals surface area contributed by atoms with Gasteiger partial charge in [0, 0.05) is 16.4 Å². The average Bonchev–Trinajstić information content (AvgIpc) is 2.44. The Bertz CT molecular complexity index is 587. The predicted molar refractivity (Wildman–Crippen MR) is 92.9 cm³/mol. The van der Waals surface area contributed by atoms with Crippen LogP contribution in [0.1, 0.15) is 26.7 Å². The van der Waals surface area contributed by atoms with E-state index in [0.29, 0.717) is 24.5 Å². The maximum atomic E-state index is 12.1. The van der Waals surface area contributed by atoms with Crippen LogP contribution in [0.2, 0.25) is 0 Å². The lowest BCUT2D eigenvalue weighted by molar-refractivity contribution is -0.137. The van der Waals surface area contributed by atoms with Crippen molar-refractivity contribution in [3.05, 3.63) is 35.3 Å². The zero-order valence-corrected chi connectivity index (χ0v) is 14.8. The maximum Gasteiger partial charge on any atom is 0.319 e. The average molecular weight is 385 g/mol. The standard InChI is InChI=1S/C16H21BrN2O4/c1-4-9-23-13-6-5-11(17)10-12(13)18-15(22)19-16(2,3)8-7-14(20)21/h4-6,10H,1,7-9H2,2-3H3,(H,20,21)(H2,18,19,22). The smallest absolute Gasteiger partial charge is 0.319 e. The van der Waals surface area contributed by atoms with Crippen LogP contribution in [-0.2, 0) is 4.79 Å². The van der Waals surface area contributed by atoms with Gasteiger partial charge >= 0.3 is 12.0 Å². The second kappa shape index (κ2) is 8.57. The van der Waals surface area contributed by atoms with Crippen molar-refractivity contribution in [2.45, 2.75) is 32.2 Å². The number of hydrogen-bond acceptors (Lipinski definition) is 3. The highest BCUT2D eigenvalue weighted by Gasteiger charge is 2.22. The minimum atomic E-state index is -0.896. The van der Waals surface area contributed by atoms with Crippen LogP contribution in [0.3, 0.4) is 0 Å². The molecule has 0 heterocycles. The normalized spacial score (nSPS) is 10.7. The zero-order valence-electron chi connectivity index (χ0n) is 13.2. The number of halogens is 1. The van der Waals surface area contributed by atoms with Gasteiger partial charge in [-0.1, -0.05) is 28.6 Å². The molecule has 0 fully saturated rings. The lowest BCUT2D eigenvalue weighted by atomic mass is 9.99. The fraction of sp³-hybridized carbons (Fsp3) is 0.375. The first kappa shape index (κ1) is 19.0. The summed E-state index contributed by atoms with van der Waals surface area (Å²) in [6.07, 6.45) is 1.92. The van der Waals surface area contributed by atoms with E-state index in [0.717, 1.165) is 4.47 Å². The zero-order chi connectivity index (χ0) is 17.5. The Morgan fingerprint density at radius 1 is 1.43 bits per heavy atom. The van der Waals surface area contributed by atoms with Crippen LogP contribution in [0.25, 0.3) is 0 Å². The molecule has 23 heavy (non-hydrogen) atoms. The SMILES string of the molecule is C=CCOc1ccc(Br)cc1NC(=O)NC(C)(C)CCC(=O)O. The van der Waals surface area contributed by atoms with Crippen LogP contribution in [0.5, 0.6) is 5.75 Å². The second-order valence-electron chi connectivity index (χ2n) is 5.60. The number of carbonyl (C=O) groups excluding carboxylic acids is 1. The van der Waals surface area contributed by atoms with Crippen LogP contribution in [-0.4, -0.2) is 29.3 Å². The molecular weight excluding hydrogens is 364 g/mol. The Morgan fingerprint density at radius 3 is 2.74 bits per heavy atom. The van der Waals surface area contributed by atoms with Crippen molar-refractivity contribution in [2.24, 2.45) is 0 Å². The van der Waals surface area contributed by atoms with E-state index in [1.54, 1.807) is 38.1 Å². The van der Waals surface area contributed by atoms with Crippen LogP contribution in [0.15, 0.2) is 35.3 Å². The largest absolute Gasteiger partial charge is 0.487 e. The Hall–Kier alpha value is -2.02. The Labute approximate surface area is 144 Å². The quantitative estimate of drug-likeness (QED) is 0.595. The van der Waals surface area contributed by atoms with Crippen molar-refractivity contribution < 1.29 is 19.4 Å². The van der Waals surface area contributed by atoms with Crippen molar-refractivity contribution in [3.8, 4) is 5.75 Å². The van der Waals surface area contributed by atoms with Crippen LogP contribution < -0.4 is 15.4 Å². The van der Waals surface area contributed by atoms with E-state index in [4.69, 9.17) is 9.84 Å². The van der Waals surface area contributed by atoms with Gasteiger partial charge in [-0.3, -0.25) is 4.79 Å². The van der Waals surface area contributed by atoms with E-state index in [2.05, 4.69) is 33.1 Å². The van der Waals surface area contributed by atoms with E-state index in [9.17, 15) is 9.59 Å². The minimum absolute atomic E-state index is 0.0160. The van der Waals surface area contributed by atoms with Crippen molar-refractivity contribution in [1.82, 2.24) is 5.32 Å². The third kappa shape index (κ3) is 7.19. The lowest BCUT2D eigenvalue weighted by Gasteiger charge is -2.26. The molecule has 0 saturated heterocycles. The molecule has 2 amide bonds. The van der Waals surface area contributed by atoms with Crippen LogP contribution in [0.4, 0.5) is 10.5 Å². The summed E-state index contributed by atoms with van der Waals surface area (Å²) < 4.78 is 6.29. The number of carbonyl (C=O) groups is 2. The molecule has 7 heteroatoms. The Morgan fingerprint density at radius 2 is 2.13 bits per heavy atom. The molecule has 0 atom stereocenters. The molecule has 1 rings (SSSR count). The number of aliphatic carboxylic acids is 1. The third-order valence-corrected chi connectivity index (χ3v) is 3.46. The molecule has 0 aliphatic heterocycles. The van der Waals surface area contributed by atoms with Crippen LogP contribution in [0, 0.1) is 0 Å². The third-order valence-electron chi connectivity index (χ3n) is 2.96. The number of amides is 2. The molecular formula is C16H21BrN2O4. The fourth-order valence-electron chi connectivity index (χ4n) is 1.82. The van der Waals surface area contributed by atoms with Crippen molar-refractivity contribution in [3.63, 3.8) is 0 Å². The summed E-state index contributed by atoms with van der Waals surface area (Å²) in [6, 6.07) is 4.83. The number of hydrogen-bond donors (Lipinski definition) is 3. The summed E-state index contributed by atoms with van der Waals surface area (Å²) in [5.41, 5.74) is -0.135. The number of carboxylic acids is 1. The van der Waals surface area contributed by atoms with Gasteiger partial charge in [0.1, 0.15) is 12.4 Å². The number of nitrogens with one attached hydrogen (secondary N) is 2. The van der Waals surface area contributed by atoms with Gasteiger partial charge < -0.3 is 20.5 Å². The highest BCUT2D eigenvalue weighted by Crippen LogP contribution is 2.28. The van der Waals surface area contributed by atoms with Crippen molar-refractivity contribution in [2.75, 3.05) is 11.9 Å². The summed E-state index contributed by atoms with van der Waals surface area (Å²) in [6.45, 7) is 7.45. The number of carboxylic acid groups (broad SMARTS) is 1. The molecule has 0 aromatic heterocycles. The van der Waals surface area contributed by atoms with Gasteiger partial charge in [-0.05, 0) is 38.5 Å². The van der Waals surface area contributed by atoms with Crippen molar-refractivity contribution in [1.29, 1.82) is 0 Å². The molecule has 6 nitrogen and oxygen atoms in total. The number of anilines is 1. The molecule has 1 aromatic carbocycles. The summed E-state index contributed by atoms with van der Waals surface area (Å²) in [7, 11) is 0. The molecule has 0 aliphatic carbocycles. The first-order chi connectivity index (χ1) is 10.7. The summed E-state index contributed by atoms with van der Waals surface area (Å²) in [5, 5.41) is 14.2. The Kier molecular flexibility index (Phi) is 7.09. The van der Waals surface area contributed by atoms with Gasteiger partial charge in [0.2, 0.25) is 0 Å². The highest BCUT2D eigenvalue weighted by atomic mass is 79.9. The number of rotatable bonds is 8. The molecule has 0 unspecified atom stereocenters. The van der Waals surface area contributed by atoms with Crippen LogP contribution >= 0.6 is 15.9 Å². The van der Waals surface area contributed by atoms with Gasteiger partial charge in [0.15, 0.2) is 0 Å². The number of benzene rings is 1. The molecule has 0 aliphatic rings. The first-order valence-electron chi connectivity index (χ1n) is 7.08. The highest BCUT2D eigenvalue weighted by molar-refractivity contribution is 9.10. The topological polar surface area (TPSA) is 87.7 Å². The van der Waals surface area contributed by atoms with E-state index in [1.165, 1.54) is 0 Å². The number of urea groups is 1. The molecule has 3 N–H and O–H groups in total. The van der Waals surface area contributed by atoms with E-state index < -0.39 is 17.5 Å². The monoisotopic (exact) mass is 384 g/mol. The molecule has 1 aromatic rings. The molecule has 0 radical (unpaired) electrons. The summed E-state index contributed by atoms with van der Waals surface area (Å²) in [4.78, 5) is 22.8. The van der Waals surface area contributed by atoms with Gasteiger partial charge in [0.05, 0.1) is 5.69 Å². The van der Waals surface area contributed by atoms with E-state index in [-0.39, 0.29) is 6.42 Å². The summed E-state index contributed by atoms with van der Waals surface area (Å²) >= 11 is 3.34.